The molecule has 0 amide bonds. The van der Waals surface area contributed by atoms with Gasteiger partial charge in [-0.1, -0.05) is 44.9 Å². The minimum atomic E-state index is -0.886. The van der Waals surface area contributed by atoms with E-state index < -0.39 is 5.97 Å². The molecule has 1 aromatic rings. The molecule has 0 fully saturated rings. The van der Waals surface area contributed by atoms with Crippen LogP contribution in [0.15, 0.2) is 24.3 Å². The van der Waals surface area contributed by atoms with Crippen molar-refractivity contribution in [2.45, 2.75) is 57.8 Å². The molecule has 3 N–H and O–H groups in total. The topological polar surface area (TPSA) is 69.6 Å². The molecule has 0 aliphatic heterocycles. The number of hydrogen-bond acceptors (Lipinski definition) is 3. The second-order valence-electron chi connectivity index (χ2n) is 5.71. The number of anilines is 1. The summed E-state index contributed by atoms with van der Waals surface area (Å²) in [5.74, 6) is -0.886. The van der Waals surface area contributed by atoms with Gasteiger partial charge >= 0.3 is 57.4 Å². The molecule has 0 spiro atoms. The minimum Gasteiger partial charge on any atom is -1.00 e. The van der Waals surface area contributed by atoms with Crippen LogP contribution in [0.1, 0.15) is 69.6 Å². The van der Waals surface area contributed by atoms with Crippen molar-refractivity contribution >= 4 is 11.7 Å². The van der Waals surface area contributed by atoms with Gasteiger partial charge in [0.2, 0.25) is 0 Å². The molecule has 0 radical (unpaired) electrons. The van der Waals surface area contributed by atoms with Gasteiger partial charge in [-0.15, -0.1) is 0 Å². The number of hydrogen-bond donors (Lipinski definition) is 3. The first-order valence-electron chi connectivity index (χ1n) is 8.42. The van der Waals surface area contributed by atoms with Crippen LogP contribution in [0.3, 0.4) is 0 Å². The monoisotopic (exact) mass is 347 g/mol. The van der Waals surface area contributed by atoms with E-state index in [1.54, 1.807) is 12.1 Å². The van der Waals surface area contributed by atoms with E-state index in [0.717, 1.165) is 31.5 Å². The molecular weight excluding hydrogens is 317 g/mol. The van der Waals surface area contributed by atoms with Crippen LogP contribution in [0, 0.1) is 0 Å². The molecule has 0 bridgehead atoms. The Bertz CT molecular complexity index is 415. The second-order valence-corrected chi connectivity index (χ2v) is 5.71. The van der Waals surface area contributed by atoms with Gasteiger partial charge in [0.05, 0.1) is 5.56 Å². The third-order valence-corrected chi connectivity index (χ3v) is 3.80. The van der Waals surface area contributed by atoms with E-state index in [0.29, 0.717) is 12.2 Å². The molecule has 0 heterocycles. The first-order valence-corrected chi connectivity index (χ1v) is 8.42. The number of benzene rings is 1. The van der Waals surface area contributed by atoms with Gasteiger partial charge in [0.1, 0.15) is 0 Å². The van der Waals surface area contributed by atoms with Gasteiger partial charge in [-0.25, -0.2) is 4.79 Å². The van der Waals surface area contributed by atoms with Crippen molar-refractivity contribution in [2.24, 2.45) is 0 Å². The third-order valence-electron chi connectivity index (χ3n) is 3.80. The van der Waals surface area contributed by atoms with E-state index in [-0.39, 0.29) is 52.8 Å². The number of carboxylic acids is 1. The quantitative estimate of drug-likeness (QED) is 0.373. The normalized spacial score (nSPS) is 10.1. The van der Waals surface area contributed by atoms with Gasteiger partial charge < -0.3 is 17.0 Å². The fourth-order valence-corrected chi connectivity index (χ4v) is 2.44. The minimum absolute atomic E-state index is 0. The number of rotatable bonds is 13. The first kappa shape index (κ1) is 23.1. The van der Waals surface area contributed by atoms with Gasteiger partial charge in [0.15, 0.2) is 0 Å². The van der Waals surface area contributed by atoms with E-state index >= 15 is 0 Å². The Kier molecular flexibility index (Phi) is 15.7. The fourth-order valence-electron chi connectivity index (χ4n) is 2.44. The fraction of sp³-hybridized carbons (Fsp3) is 0.611. The summed E-state index contributed by atoms with van der Waals surface area (Å²) in [6.45, 7) is 1.26. The molecule has 23 heavy (non-hydrogen) atoms. The molecule has 0 aliphatic carbocycles. The van der Waals surface area contributed by atoms with Crippen molar-refractivity contribution in [3.63, 3.8) is 0 Å². The van der Waals surface area contributed by atoms with Crippen molar-refractivity contribution in [3.8, 4) is 0 Å². The first-order chi connectivity index (χ1) is 10.7. The van der Waals surface area contributed by atoms with Crippen molar-refractivity contribution < 1.29 is 67.8 Å². The molecule has 0 atom stereocenters. The smallest absolute Gasteiger partial charge is 1.00 e. The zero-order valence-electron chi connectivity index (χ0n) is 15.4. The molecule has 0 aliphatic rings. The van der Waals surface area contributed by atoms with Crippen molar-refractivity contribution in [2.75, 3.05) is 18.5 Å². The predicted molar refractivity (Wildman–Crippen MR) is 91.6 cm³/mol. The van der Waals surface area contributed by atoms with Crippen LogP contribution in [0.2, 0.25) is 0 Å². The standard InChI is InChI=1S/C18H29NO3.K.H/c20-15-9-7-5-3-1-2-4-6-8-14-19-17-12-10-16(11-13-17)18(21)22;;/h10-13,19-20H,1-9,14-15H2,(H,21,22);;/q;+1;-1. The average Bonchev–Trinajstić information content (AvgIpc) is 2.53. The number of aliphatic hydroxyl groups is 1. The largest absolute Gasteiger partial charge is 1.00 e. The summed E-state index contributed by atoms with van der Waals surface area (Å²) in [4.78, 5) is 10.7. The summed E-state index contributed by atoms with van der Waals surface area (Å²) in [5.41, 5.74) is 1.30. The number of unbranched alkanes of at least 4 members (excludes halogenated alkanes) is 8. The van der Waals surface area contributed by atoms with Gasteiger partial charge in [-0.2, -0.15) is 0 Å². The number of carbonyl (C=O) groups is 1. The SMILES string of the molecule is O=C(O)c1ccc(NCCCCCCCCCCCO)cc1.[H-].[K+]. The predicted octanol–water partition coefficient (Wildman–Crippen LogP) is 1.42. The van der Waals surface area contributed by atoms with Gasteiger partial charge in [0.25, 0.3) is 0 Å². The van der Waals surface area contributed by atoms with Crippen LogP contribution >= 0.6 is 0 Å². The Morgan fingerprint density at radius 3 is 1.83 bits per heavy atom. The van der Waals surface area contributed by atoms with Gasteiger partial charge in [-0.05, 0) is 37.1 Å². The molecule has 1 aromatic carbocycles. The number of aliphatic hydroxyl groups excluding tert-OH is 1. The molecule has 0 unspecified atom stereocenters. The number of aromatic carboxylic acids is 1. The van der Waals surface area contributed by atoms with Gasteiger partial charge in [-0.3, -0.25) is 0 Å². The van der Waals surface area contributed by atoms with Crippen molar-refractivity contribution in [3.05, 3.63) is 29.8 Å². The second kappa shape index (κ2) is 15.6. The van der Waals surface area contributed by atoms with Crippen LogP contribution in [-0.4, -0.2) is 29.3 Å². The molecule has 126 valence electrons. The summed E-state index contributed by atoms with van der Waals surface area (Å²) in [5, 5.41) is 20.8. The van der Waals surface area contributed by atoms with Crippen LogP contribution in [0.4, 0.5) is 5.69 Å². The van der Waals surface area contributed by atoms with Crippen molar-refractivity contribution in [1.29, 1.82) is 0 Å². The molecular formula is C18H30KNO3. The maximum atomic E-state index is 10.7. The molecule has 4 nitrogen and oxygen atoms in total. The Balaban J connectivity index is 0. The van der Waals surface area contributed by atoms with E-state index in [9.17, 15) is 4.79 Å². The van der Waals surface area contributed by atoms with Crippen LogP contribution in [0.25, 0.3) is 0 Å². The van der Waals surface area contributed by atoms with Crippen LogP contribution in [0.5, 0.6) is 0 Å². The van der Waals surface area contributed by atoms with E-state index in [4.69, 9.17) is 10.2 Å². The zero-order chi connectivity index (χ0) is 16.0. The maximum absolute atomic E-state index is 10.7. The molecule has 0 saturated carbocycles. The third kappa shape index (κ3) is 12.1. The van der Waals surface area contributed by atoms with Gasteiger partial charge in [0, 0.05) is 18.8 Å². The van der Waals surface area contributed by atoms with Crippen LogP contribution in [-0.2, 0) is 0 Å². The van der Waals surface area contributed by atoms with E-state index in [1.807, 2.05) is 12.1 Å². The zero-order valence-corrected chi connectivity index (χ0v) is 17.5. The molecule has 5 heteroatoms. The molecule has 0 aromatic heterocycles. The number of nitrogens with one attached hydrogen (secondary N) is 1. The Labute approximate surface area is 184 Å². The Morgan fingerprint density at radius 2 is 1.35 bits per heavy atom. The Hall–Kier alpha value is 0.0864. The summed E-state index contributed by atoms with van der Waals surface area (Å²) in [6, 6.07) is 6.88. The summed E-state index contributed by atoms with van der Waals surface area (Å²) < 4.78 is 0. The van der Waals surface area contributed by atoms with Crippen molar-refractivity contribution in [1.82, 2.24) is 0 Å². The van der Waals surface area contributed by atoms with E-state index in [2.05, 4.69) is 5.32 Å². The van der Waals surface area contributed by atoms with E-state index in [1.165, 1.54) is 38.5 Å². The summed E-state index contributed by atoms with van der Waals surface area (Å²) in [6.07, 6.45) is 10.9. The summed E-state index contributed by atoms with van der Waals surface area (Å²) in [7, 11) is 0. The average molecular weight is 348 g/mol. The maximum Gasteiger partial charge on any atom is 1.00 e. The molecule has 0 saturated heterocycles. The Morgan fingerprint density at radius 1 is 0.870 bits per heavy atom. The van der Waals surface area contributed by atoms with Crippen LogP contribution < -0.4 is 56.7 Å². The number of carboxylic acid groups (broad SMARTS) is 1. The molecule has 1 rings (SSSR count). The summed E-state index contributed by atoms with van der Waals surface area (Å²) >= 11 is 0.